The molecule has 1 saturated carbocycles. The van der Waals surface area contributed by atoms with Crippen LogP contribution in [0.25, 0.3) is 0 Å². The Hall–Kier alpha value is -1.10. The highest BCUT2D eigenvalue weighted by Gasteiger charge is 2.21. The summed E-state index contributed by atoms with van der Waals surface area (Å²) in [5.74, 6) is 0.947. The zero-order chi connectivity index (χ0) is 12.8. The third-order valence-corrected chi connectivity index (χ3v) is 3.94. The summed E-state index contributed by atoms with van der Waals surface area (Å²) in [7, 11) is 1.83. The van der Waals surface area contributed by atoms with Gasteiger partial charge in [-0.15, -0.1) is 11.3 Å². The smallest absolute Gasteiger partial charge is 0.191 e. The van der Waals surface area contributed by atoms with E-state index in [4.69, 9.17) is 0 Å². The van der Waals surface area contributed by atoms with Crippen LogP contribution < -0.4 is 10.6 Å². The third kappa shape index (κ3) is 4.64. The summed E-state index contributed by atoms with van der Waals surface area (Å²) >= 11 is 1.77. The van der Waals surface area contributed by atoms with Crippen LogP contribution >= 0.6 is 11.3 Å². The monoisotopic (exact) mass is 266 g/mol. The minimum Gasteiger partial charge on any atom is -0.356 e. The highest BCUT2D eigenvalue weighted by atomic mass is 32.1. The van der Waals surface area contributed by atoms with Crippen LogP contribution in [0.5, 0.6) is 0 Å². The first-order valence-electron chi connectivity index (χ1n) is 6.66. The van der Waals surface area contributed by atoms with Crippen molar-refractivity contribution >= 4 is 17.3 Å². The van der Waals surface area contributed by atoms with E-state index in [1.54, 1.807) is 11.3 Å². The predicted molar refractivity (Wildman–Crippen MR) is 77.3 cm³/mol. The second-order valence-corrected chi connectivity index (χ2v) is 5.70. The van der Waals surface area contributed by atoms with E-state index in [0.717, 1.165) is 31.0 Å². The van der Waals surface area contributed by atoms with Crippen molar-refractivity contribution in [3.05, 3.63) is 16.1 Å². The van der Waals surface area contributed by atoms with Gasteiger partial charge in [0.2, 0.25) is 0 Å². The number of thiazole rings is 1. The van der Waals surface area contributed by atoms with Crippen LogP contribution in [-0.4, -0.2) is 30.6 Å². The fourth-order valence-electron chi connectivity index (χ4n) is 1.74. The molecule has 5 heteroatoms. The molecule has 0 bridgehead atoms. The number of nitrogens with one attached hydrogen (secondary N) is 2. The zero-order valence-electron chi connectivity index (χ0n) is 11.2. The lowest BCUT2D eigenvalue weighted by Crippen LogP contribution is -2.38. The molecule has 0 unspecified atom stereocenters. The van der Waals surface area contributed by atoms with Gasteiger partial charge in [-0.3, -0.25) is 4.99 Å². The molecule has 1 aliphatic carbocycles. The van der Waals surface area contributed by atoms with Crippen LogP contribution in [0.4, 0.5) is 0 Å². The molecular formula is C13H22N4S. The topological polar surface area (TPSA) is 49.3 Å². The highest BCUT2D eigenvalue weighted by molar-refractivity contribution is 7.09. The summed E-state index contributed by atoms with van der Waals surface area (Å²) in [5.41, 5.74) is 1.14. The van der Waals surface area contributed by atoms with Crippen molar-refractivity contribution in [2.24, 2.45) is 4.99 Å². The van der Waals surface area contributed by atoms with Gasteiger partial charge < -0.3 is 10.6 Å². The van der Waals surface area contributed by atoms with E-state index in [1.807, 2.05) is 7.05 Å². The number of unbranched alkanes of at least 4 members (excludes halogenated alkanes) is 1. The molecular weight excluding hydrogens is 244 g/mol. The molecule has 1 aliphatic rings. The van der Waals surface area contributed by atoms with E-state index >= 15 is 0 Å². The third-order valence-electron chi connectivity index (χ3n) is 2.92. The lowest BCUT2D eigenvalue weighted by molar-refractivity contribution is 0.691. The average Bonchev–Trinajstić information content (AvgIpc) is 3.09. The number of rotatable bonds is 6. The molecule has 1 fully saturated rings. The molecule has 2 rings (SSSR count). The van der Waals surface area contributed by atoms with E-state index < -0.39 is 0 Å². The number of aryl methyl sites for hydroxylation is 2. The van der Waals surface area contributed by atoms with Crippen molar-refractivity contribution in [3.63, 3.8) is 0 Å². The molecule has 0 atom stereocenters. The fourth-order valence-corrected chi connectivity index (χ4v) is 2.56. The Morgan fingerprint density at radius 3 is 2.94 bits per heavy atom. The van der Waals surface area contributed by atoms with Crippen molar-refractivity contribution in [1.82, 2.24) is 15.6 Å². The Morgan fingerprint density at radius 1 is 1.50 bits per heavy atom. The molecule has 100 valence electrons. The Bertz CT molecular complexity index is 395. The molecule has 0 radical (unpaired) electrons. The summed E-state index contributed by atoms with van der Waals surface area (Å²) < 4.78 is 0. The van der Waals surface area contributed by atoms with Crippen LogP contribution in [0.3, 0.4) is 0 Å². The molecule has 1 aromatic rings. The van der Waals surface area contributed by atoms with Gasteiger partial charge in [0.05, 0.1) is 5.01 Å². The first-order chi connectivity index (χ1) is 8.78. The first-order valence-corrected chi connectivity index (χ1v) is 7.54. The van der Waals surface area contributed by atoms with E-state index in [-0.39, 0.29) is 0 Å². The number of nitrogens with zero attached hydrogens (tertiary/aromatic N) is 2. The highest BCUT2D eigenvalue weighted by Crippen LogP contribution is 2.18. The molecule has 0 aromatic carbocycles. The fraction of sp³-hybridized carbons (Fsp3) is 0.692. The second kappa shape index (κ2) is 6.73. The summed E-state index contributed by atoms with van der Waals surface area (Å²) in [6, 6.07) is 0.662. The van der Waals surface area contributed by atoms with Gasteiger partial charge in [0.15, 0.2) is 5.96 Å². The molecule has 0 amide bonds. The van der Waals surface area contributed by atoms with Gasteiger partial charge in [-0.25, -0.2) is 4.98 Å². The number of hydrogen-bond acceptors (Lipinski definition) is 3. The molecule has 4 nitrogen and oxygen atoms in total. The van der Waals surface area contributed by atoms with Crippen molar-refractivity contribution in [1.29, 1.82) is 0 Å². The molecule has 1 aromatic heterocycles. The van der Waals surface area contributed by atoms with Crippen LogP contribution in [0, 0.1) is 6.92 Å². The van der Waals surface area contributed by atoms with Gasteiger partial charge in [-0.05, 0) is 39.0 Å². The predicted octanol–water partition coefficient (Wildman–Crippen LogP) is 2.10. The number of hydrogen-bond donors (Lipinski definition) is 2. The molecule has 1 heterocycles. The van der Waals surface area contributed by atoms with Crippen LogP contribution in [-0.2, 0) is 6.42 Å². The minimum absolute atomic E-state index is 0.662. The SMILES string of the molecule is CN=C(NCCCCc1nc(C)cs1)NC1CC1. The Labute approximate surface area is 113 Å². The van der Waals surface area contributed by atoms with Gasteiger partial charge in [-0.1, -0.05) is 0 Å². The maximum absolute atomic E-state index is 4.47. The second-order valence-electron chi connectivity index (χ2n) is 4.76. The van der Waals surface area contributed by atoms with Gasteiger partial charge in [-0.2, -0.15) is 0 Å². The van der Waals surface area contributed by atoms with Gasteiger partial charge in [0.1, 0.15) is 0 Å². The van der Waals surface area contributed by atoms with Gasteiger partial charge in [0, 0.05) is 30.7 Å². The van der Waals surface area contributed by atoms with E-state index in [2.05, 4.69) is 32.9 Å². The zero-order valence-corrected chi connectivity index (χ0v) is 12.0. The number of aromatic nitrogens is 1. The lowest BCUT2D eigenvalue weighted by Gasteiger charge is -2.10. The van der Waals surface area contributed by atoms with E-state index in [1.165, 1.54) is 24.3 Å². The Kier molecular flexibility index (Phi) is 4.99. The van der Waals surface area contributed by atoms with Gasteiger partial charge >= 0.3 is 0 Å². The quantitative estimate of drug-likeness (QED) is 0.471. The summed E-state index contributed by atoms with van der Waals surface area (Å²) in [5, 5.41) is 10.1. The first kappa shape index (κ1) is 13.3. The minimum atomic E-state index is 0.662. The van der Waals surface area contributed by atoms with Crippen molar-refractivity contribution in [3.8, 4) is 0 Å². The average molecular weight is 266 g/mol. The summed E-state index contributed by atoms with van der Waals surface area (Å²) in [6.45, 7) is 3.03. The molecule has 0 aliphatic heterocycles. The van der Waals surface area contributed by atoms with Crippen molar-refractivity contribution in [2.45, 2.75) is 45.1 Å². The van der Waals surface area contributed by atoms with Crippen LogP contribution in [0.15, 0.2) is 10.4 Å². The summed E-state index contributed by atoms with van der Waals surface area (Å²) in [4.78, 5) is 8.68. The molecule has 18 heavy (non-hydrogen) atoms. The molecule has 0 spiro atoms. The lowest BCUT2D eigenvalue weighted by atomic mass is 10.2. The van der Waals surface area contributed by atoms with E-state index in [0.29, 0.717) is 6.04 Å². The number of guanidine groups is 1. The van der Waals surface area contributed by atoms with Crippen molar-refractivity contribution in [2.75, 3.05) is 13.6 Å². The van der Waals surface area contributed by atoms with Gasteiger partial charge in [0.25, 0.3) is 0 Å². The standard InChI is InChI=1S/C13H22N4S/c1-10-9-18-12(16-10)5-3-4-8-15-13(14-2)17-11-6-7-11/h9,11H,3-8H2,1-2H3,(H2,14,15,17). The molecule has 0 saturated heterocycles. The number of aliphatic imine (C=N–C) groups is 1. The maximum atomic E-state index is 4.47. The van der Waals surface area contributed by atoms with E-state index in [9.17, 15) is 0 Å². The largest absolute Gasteiger partial charge is 0.356 e. The Balaban J connectivity index is 1.54. The summed E-state index contributed by atoms with van der Waals surface area (Å²) in [6.07, 6.45) is 5.99. The maximum Gasteiger partial charge on any atom is 0.191 e. The van der Waals surface area contributed by atoms with Crippen molar-refractivity contribution < 1.29 is 0 Å². The Morgan fingerprint density at radius 2 is 2.33 bits per heavy atom. The van der Waals surface area contributed by atoms with Crippen LogP contribution in [0.1, 0.15) is 36.4 Å². The normalized spacial score (nSPS) is 15.8. The van der Waals surface area contributed by atoms with Crippen LogP contribution in [0.2, 0.25) is 0 Å². The molecule has 2 N–H and O–H groups in total.